The molecule has 0 radical (unpaired) electrons. The zero-order chi connectivity index (χ0) is 17.4. The Bertz CT molecular complexity index is 350. The van der Waals surface area contributed by atoms with E-state index in [0.717, 1.165) is 38.5 Å². The average molecular weight is 318 g/mol. The highest BCUT2D eigenvalue weighted by Gasteiger charge is 1.98. The highest BCUT2D eigenvalue weighted by molar-refractivity contribution is 5.89. The van der Waals surface area contributed by atoms with E-state index in [4.69, 9.17) is 20.4 Å². The van der Waals surface area contributed by atoms with Crippen molar-refractivity contribution in [1.29, 1.82) is 0 Å². The lowest BCUT2D eigenvalue weighted by Crippen LogP contribution is -1.94. The first kappa shape index (κ1) is 21.9. The first-order valence-electron chi connectivity index (χ1n) is 6.83. The molecule has 0 saturated carbocycles. The number of aliphatic carboxylic acids is 4. The van der Waals surface area contributed by atoms with Crippen LogP contribution < -0.4 is 0 Å². The van der Waals surface area contributed by atoms with Crippen LogP contribution in [0.1, 0.15) is 51.4 Å². The van der Waals surface area contributed by atoms with E-state index in [0.29, 0.717) is 12.2 Å². The standard InChI is InChI=1S/C10H18O4.C4H4O4/c11-9(12)7-5-3-1-2-4-6-8-10(13)14;5-3(6)1-2-4(7)8/h1-8H2,(H,11,12)(H,13,14);1-2H,(H,5,6)(H,7,8)/b;2-1+. The van der Waals surface area contributed by atoms with E-state index in [1.54, 1.807) is 0 Å². The van der Waals surface area contributed by atoms with Crippen molar-refractivity contribution in [1.82, 2.24) is 0 Å². The molecule has 0 bridgehead atoms. The first-order valence-corrected chi connectivity index (χ1v) is 6.83. The van der Waals surface area contributed by atoms with Gasteiger partial charge in [0.25, 0.3) is 0 Å². The van der Waals surface area contributed by atoms with Crippen molar-refractivity contribution in [3.8, 4) is 0 Å². The Kier molecular flexibility index (Phi) is 15.0. The Hall–Kier alpha value is -2.38. The van der Waals surface area contributed by atoms with Crippen LogP contribution in [-0.4, -0.2) is 44.3 Å². The van der Waals surface area contributed by atoms with Crippen molar-refractivity contribution in [3.05, 3.63) is 12.2 Å². The van der Waals surface area contributed by atoms with Gasteiger partial charge in [-0.3, -0.25) is 9.59 Å². The maximum absolute atomic E-state index is 10.1. The summed E-state index contributed by atoms with van der Waals surface area (Å²) in [6.45, 7) is 0. The molecule has 22 heavy (non-hydrogen) atoms. The van der Waals surface area contributed by atoms with Crippen LogP contribution in [0, 0.1) is 0 Å². The molecule has 0 spiro atoms. The number of carboxylic acid groups (broad SMARTS) is 4. The molecule has 126 valence electrons. The molecule has 0 heterocycles. The minimum Gasteiger partial charge on any atom is -0.481 e. The summed E-state index contributed by atoms with van der Waals surface area (Å²) in [5.41, 5.74) is 0. The number of rotatable bonds is 11. The predicted octanol–water partition coefficient (Wildman–Crippen LogP) is 1.99. The number of hydrogen-bond acceptors (Lipinski definition) is 4. The van der Waals surface area contributed by atoms with E-state index < -0.39 is 23.9 Å². The van der Waals surface area contributed by atoms with Gasteiger partial charge < -0.3 is 20.4 Å². The molecule has 0 aliphatic rings. The van der Waals surface area contributed by atoms with E-state index in [1.807, 2.05) is 0 Å². The van der Waals surface area contributed by atoms with Crippen molar-refractivity contribution in [2.24, 2.45) is 0 Å². The van der Waals surface area contributed by atoms with E-state index >= 15 is 0 Å². The first-order chi connectivity index (χ1) is 10.3. The maximum Gasteiger partial charge on any atom is 0.328 e. The summed E-state index contributed by atoms with van der Waals surface area (Å²) in [7, 11) is 0. The number of hydrogen-bond donors (Lipinski definition) is 4. The zero-order valence-electron chi connectivity index (χ0n) is 12.2. The fraction of sp³-hybridized carbons (Fsp3) is 0.571. The van der Waals surface area contributed by atoms with Crippen LogP contribution in [0.25, 0.3) is 0 Å². The topological polar surface area (TPSA) is 149 Å². The minimum absolute atomic E-state index is 0.245. The molecular formula is C14H22O8. The van der Waals surface area contributed by atoms with Gasteiger partial charge in [0.05, 0.1) is 0 Å². The highest BCUT2D eigenvalue weighted by atomic mass is 16.4. The number of carboxylic acids is 4. The summed E-state index contributed by atoms with van der Waals surface area (Å²) in [5, 5.41) is 32.3. The van der Waals surface area contributed by atoms with Gasteiger partial charge in [0.1, 0.15) is 0 Å². The molecule has 4 N–H and O–H groups in total. The van der Waals surface area contributed by atoms with Gasteiger partial charge in [-0.05, 0) is 12.8 Å². The van der Waals surface area contributed by atoms with Crippen molar-refractivity contribution in [2.45, 2.75) is 51.4 Å². The van der Waals surface area contributed by atoms with Crippen LogP contribution in [0.5, 0.6) is 0 Å². The smallest absolute Gasteiger partial charge is 0.328 e. The van der Waals surface area contributed by atoms with Crippen LogP contribution in [0.15, 0.2) is 12.2 Å². The molecule has 0 atom stereocenters. The zero-order valence-corrected chi connectivity index (χ0v) is 12.2. The van der Waals surface area contributed by atoms with Gasteiger partial charge in [0, 0.05) is 25.0 Å². The van der Waals surface area contributed by atoms with Crippen molar-refractivity contribution < 1.29 is 39.6 Å². The van der Waals surface area contributed by atoms with Gasteiger partial charge >= 0.3 is 23.9 Å². The monoisotopic (exact) mass is 318 g/mol. The molecule has 0 aliphatic carbocycles. The Labute approximate surface area is 128 Å². The Morgan fingerprint density at radius 2 is 0.818 bits per heavy atom. The van der Waals surface area contributed by atoms with E-state index in [-0.39, 0.29) is 12.8 Å². The Morgan fingerprint density at radius 3 is 1.05 bits per heavy atom. The fourth-order valence-corrected chi connectivity index (χ4v) is 1.40. The Balaban J connectivity index is 0. The number of carbonyl (C=O) groups is 4. The van der Waals surface area contributed by atoms with Gasteiger partial charge in [-0.2, -0.15) is 0 Å². The molecule has 8 heteroatoms. The van der Waals surface area contributed by atoms with Gasteiger partial charge in [-0.1, -0.05) is 25.7 Å². The van der Waals surface area contributed by atoms with Gasteiger partial charge in [-0.15, -0.1) is 0 Å². The van der Waals surface area contributed by atoms with Crippen molar-refractivity contribution in [3.63, 3.8) is 0 Å². The average Bonchev–Trinajstić information content (AvgIpc) is 2.39. The van der Waals surface area contributed by atoms with E-state index in [1.165, 1.54) is 0 Å². The van der Waals surface area contributed by atoms with E-state index in [9.17, 15) is 19.2 Å². The minimum atomic E-state index is -1.26. The van der Waals surface area contributed by atoms with Gasteiger partial charge in [0.15, 0.2) is 0 Å². The third kappa shape index (κ3) is 26.2. The molecule has 0 aromatic heterocycles. The van der Waals surface area contributed by atoms with Crippen LogP contribution in [0.2, 0.25) is 0 Å². The lowest BCUT2D eigenvalue weighted by Gasteiger charge is -1.98. The maximum atomic E-state index is 10.1. The Morgan fingerprint density at radius 1 is 0.545 bits per heavy atom. The second kappa shape index (κ2) is 15.0. The number of unbranched alkanes of at least 4 members (excludes halogenated alkanes) is 5. The van der Waals surface area contributed by atoms with E-state index in [2.05, 4.69) is 0 Å². The van der Waals surface area contributed by atoms with Crippen molar-refractivity contribution in [2.75, 3.05) is 0 Å². The lowest BCUT2D eigenvalue weighted by molar-refractivity contribution is -0.138. The fourth-order valence-electron chi connectivity index (χ4n) is 1.40. The summed E-state index contributed by atoms with van der Waals surface area (Å²) in [4.78, 5) is 39.4. The third-order valence-electron chi connectivity index (χ3n) is 2.40. The normalized spacial score (nSPS) is 9.82. The van der Waals surface area contributed by atoms with Crippen LogP contribution >= 0.6 is 0 Å². The molecule has 0 aromatic rings. The largest absolute Gasteiger partial charge is 0.481 e. The van der Waals surface area contributed by atoms with Crippen LogP contribution in [0.3, 0.4) is 0 Å². The highest BCUT2D eigenvalue weighted by Crippen LogP contribution is 2.08. The third-order valence-corrected chi connectivity index (χ3v) is 2.40. The summed E-state index contributed by atoms with van der Waals surface area (Å²) in [6.07, 6.45) is 6.94. The summed E-state index contributed by atoms with van der Waals surface area (Å²) in [6, 6.07) is 0. The summed E-state index contributed by atoms with van der Waals surface area (Å²) >= 11 is 0. The molecule has 0 aliphatic heterocycles. The van der Waals surface area contributed by atoms with Gasteiger partial charge in [0.2, 0.25) is 0 Å². The molecule has 0 fully saturated rings. The molecule has 0 saturated heterocycles. The van der Waals surface area contributed by atoms with Crippen LogP contribution in [-0.2, 0) is 19.2 Å². The lowest BCUT2D eigenvalue weighted by atomic mass is 10.1. The summed E-state index contributed by atoms with van der Waals surface area (Å²) < 4.78 is 0. The second-order valence-electron chi connectivity index (χ2n) is 4.42. The molecule has 0 aromatic carbocycles. The predicted molar refractivity (Wildman–Crippen MR) is 76.6 cm³/mol. The molecule has 0 unspecified atom stereocenters. The molecule has 0 rings (SSSR count). The van der Waals surface area contributed by atoms with Crippen molar-refractivity contribution >= 4 is 23.9 Å². The molecular weight excluding hydrogens is 296 g/mol. The molecule has 0 amide bonds. The van der Waals surface area contributed by atoms with Crippen LogP contribution in [0.4, 0.5) is 0 Å². The SMILES string of the molecule is O=C(O)/C=C/C(=O)O.O=C(O)CCCCCCCCC(=O)O. The molecule has 8 nitrogen and oxygen atoms in total. The second-order valence-corrected chi connectivity index (χ2v) is 4.42. The van der Waals surface area contributed by atoms with Gasteiger partial charge in [-0.25, -0.2) is 9.59 Å². The summed E-state index contributed by atoms with van der Waals surface area (Å²) in [5.74, 6) is -3.99. The quantitative estimate of drug-likeness (QED) is 0.333.